The molecule has 1 aliphatic carbocycles. The first-order chi connectivity index (χ1) is 7.06. The molecule has 1 N–H and O–H groups in total. The molecule has 15 heavy (non-hydrogen) atoms. The number of hydrogen-bond acceptors (Lipinski definition) is 4. The van der Waals surface area contributed by atoms with Gasteiger partial charge in [0.2, 0.25) is 5.91 Å². The molecule has 1 amide bonds. The van der Waals surface area contributed by atoms with Gasteiger partial charge in [-0.1, -0.05) is 0 Å². The second-order valence-electron chi connectivity index (χ2n) is 3.63. The highest BCUT2D eigenvalue weighted by Crippen LogP contribution is 2.36. The molecule has 1 fully saturated rings. The van der Waals surface area contributed by atoms with Gasteiger partial charge in [0.25, 0.3) is 0 Å². The quantitative estimate of drug-likeness (QED) is 0.682. The molecule has 0 spiro atoms. The van der Waals surface area contributed by atoms with Crippen LogP contribution in [0.4, 0.5) is 0 Å². The van der Waals surface area contributed by atoms with E-state index in [0.717, 1.165) is 6.42 Å². The number of nitrogens with one attached hydrogen (secondary N) is 1. The Morgan fingerprint density at radius 3 is 2.53 bits per heavy atom. The second kappa shape index (κ2) is 4.61. The van der Waals surface area contributed by atoms with Crippen LogP contribution in [0.5, 0.6) is 0 Å². The molecule has 0 aromatic rings. The van der Waals surface area contributed by atoms with E-state index in [4.69, 9.17) is 9.47 Å². The van der Waals surface area contributed by atoms with Gasteiger partial charge in [-0.05, 0) is 19.8 Å². The Balaban J connectivity index is 2.77. The predicted molar refractivity (Wildman–Crippen MR) is 53.2 cm³/mol. The van der Waals surface area contributed by atoms with Crippen LogP contribution in [-0.4, -0.2) is 37.2 Å². The van der Waals surface area contributed by atoms with Crippen LogP contribution in [0.2, 0.25) is 0 Å². The van der Waals surface area contributed by atoms with Gasteiger partial charge in [0.15, 0.2) is 5.54 Å². The number of esters is 1. The molecule has 1 rings (SSSR count). The minimum absolute atomic E-state index is 0.246. The SMILES string of the molecule is CCO[C@H]1CC[C@]1(NC(C)=O)C(=O)OC. The normalized spacial score (nSPS) is 29.1. The fraction of sp³-hybridized carbons (Fsp3) is 0.800. The van der Waals surface area contributed by atoms with E-state index in [2.05, 4.69) is 5.32 Å². The molecule has 0 saturated heterocycles. The van der Waals surface area contributed by atoms with Gasteiger partial charge < -0.3 is 14.8 Å². The summed E-state index contributed by atoms with van der Waals surface area (Å²) in [5.74, 6) is -0.674. The van der Waals surface area contributed by atoms with Gasteiger partial charge >= 0.3 is 5.97 Å². The van der Waals surface area contributed by atoms with Crippen molar-refractivity contribution >= 4 is 11.9 Å². The number of rotatable bonds is 4. The molecular weight excluding hydrogens is 198 g/mol. The number of carbonyl (C=O) groups excluding carboxylic acids is 2. The van der Waals surface area contributed by atoms with Crippen LogP contribution < -0.4 is 5.32 Å². The Hall–Kier alpha value is -1.10. The van der Waals surface area contributed by atoms with E-state index in [1.54, 1.807) is 0 Å². The second-order valence-corrected chi connectivity index (χ2v) is 3.63. The fourth-order valence-electron chi connectivity index (χ4n) is 1.90. The van der Waals surface area contributed by atoms with Crippen LogP contribution in [0, 0.1) is 0 Å². The van der Waals surface area contributed by atoms with Crippen LogP contribution in [-0.2, 0) is 19.1 Å². The summed E-state index contributed by atoms with van der Waals surface area (Å²) in [5, 5.41) is 2.64. The summed E-state index contributed by atoms with van der Waals surface area (Å²) in [6.07, 6.45) is 1.08. The maximum atomic E-state index is 11.6. The van der Waals surface area contributed by atoms with E-state index in [1.807, 2.05) is 6.92 Å². The molecule has 0 aromatic carbocycles. The van der Waals surface area contributed by atoms with Crippen LogP contribution in [0.3, 0.4) is 0 Å². The summed E-state index contributed by atoms with van der Waals surface area (Å²) in [7, 11) is 1.31. The number of methoxy groups -OCH3 is 1. The van der Waals surface area contributed by atoms with E-state index in [-0.39, 0.29) is 12.0 Å². The van der Waals surface area contributed by atoms with Crippen molar-refractivity contribution in [3.63, 3.8) is 0 Å². The van der Waals surface area contributed by atoms with Crippen molar-refractivity contribution in [2.45, 2.75) is 38.3 Å². The molecule has 0 bridgehead atoms. The summed E-state index contributed by atoms with van der Waals surface area (Å²) >= 11 is 0. The van der Waals surface area contributed by atoms with Crippen molar-refractivity contribution < 1.29 is 19.1 Å². The molecule has 2 atom stereocenters. The lowest BCUT2D eigenvalue weighted by atomic mass is 9.73. The zero-order chi connectivity index (χ0) is 11.5. The van der Waals surface area contributed by atoms with Gasteiger partial charge in [-0.15, -0.1) is 0 Å². The lowest BCUT2D eigenvalue weighted by Gasteiger charge is -2.46. The summed E-state index contributed by atoms with van der Waals surface area (Å²) in [6, 6.07) is 0. The van der Waals surface area contributed by atoms with E-state index in [0.29, 0.717) is 13.0 Å². The first kappa shape index (κ1) is 12.0. The minimum Gasteiger partial charge on any atom is -0.467 e. The standard InChI is InChI=1S/C10H17NO4/c1-4-15-8-5-6-10(8,9(13)14-3)11-7(2)12/h8H,4-6H2,1-3H3,(H,11,12)/t8-,10+/m0/s1. The Morgan fingerprint density at radius 2 is 2.20 bits per heavy atom. The van der Waals surface area contributed by atoms with Crippen molar-refractivity contribution in [1.29, 1.82) is 0 Å². The molecule has 0 radical (unpaired) electrons. The highest BCUT2D eigenvalue weighted by atomic mass is 16.5. The molecule has 86 valence electrons. The first-order valence-electron chi connectivity index (χ1n) is 5.05. The van der Waals surface area contributed by atoms with Crippen LogP contribution in [0.1, 0.15) is 26.7 Å². The maximum Gasteiger partial charge on any atom is 0.334 e. The van der Waals surface area contributed by atoms with Crippen LogP contribution in [0.15, 0.2) is 0 Å². The van der Waals surface area contributed by atoms with Crippen molar-refractivity contribution in [3.8, 4) is 0 Å². The number of ether oxygens (including phenoxy) is 2. The number of hydrogen-bond donors (Lipinski definition) is 1. The summed E-state index contributed by atoms with van der Waals surface area (Å²) in [5.41, 5.74) is -0.962. The molecule has 0 aliphatic heterocycles. The van der Waals surface area contributed by atoms with Gasteiger partial charge in [-0.3, -0.25) is 4.79 Å². The topological polar surface area (TPSA) is 64.6 Å². The lowest BCUT2D eigenvalue weighted by molar-refractivity contribution is -0.170. The summed E-state index contributed by atoms with van der Waals surface area (Å²) < 4.78 is 10.1. The van der Waals surface area contributed by atoms with Gasteiger partial charge in [-0.25, -0.2) is 4.79 Å². The zero-order valence-corrected chi connectivity index (χ0v) is 9.33. The molecule has 1 aliphatic rings. The monoisotopic (exact) mass is 215 g/mol. The largest absolute Gasteiger partial charge is 0.467 e. The Labute approximate surface area is 89.1 Å². The Morgan fingerprint density at radius 1 is 1.53 bits per heavy atom. The average molecular weight is 215 g/mol. The first-order valence-corrected chi connectivity index (χ1v) is 5.05. The van der Waals surface area contributed by atoms with Crippen molar-refractivity contribution in [2.24, 2.45) is 0 Å². The van der Waals surface area contributed by atoms with E-state index >= 15 is 0 Å². The number of amides is 1. The molecule has 0 unspecified atom stereocenters. The van der Waals surface area contributed by atoms with Crippen molar-refractivity contribution in [3.05, 3.63) is 0 Å². The minimum atomic E-state index is -0.962. The third-order valence-corrected chi connectivity index (χ3v) is 2.67. The molecule has 1 saturated carbocycles. The van der Waals surface area contributed by atoms with Gasteiger partial charge in [0, 0.05) is 13.5 Å². The number of carbonyl (C=O) groups is 2. The Bertz CT molecular complexity index is 266. The predicted octanol–water partition coefficient (Wildman–Crippen LogP) is 0.233. The maximum absolute atomic E-state index is 11.6. The van der Waals surface area contributed by atoms with Crippen molar-refractivity contribution in [1.82, 2.24) is 5.32 Å². The summed E-state index contributed by atoms with van der Waals surface area (Å²) in [4.78, 5) is 22.7. The lowest BCUT2D eigenvalue weighted by Crippen LogP contribution is -2.68. The Kier molecular flexibility index (Phi) is 3.68. The fourth-order valence-corrected chi connectivity index (χ4v) is 1.90. The molecule has 0 heterocycles. The van der Waals surface area contributed by atoms with Gasteiger partial charge in [0.1, 0.15) is 0 Å². The van der Waals surface area contributed by atoms with Gasteiger partial charge in [-0.2, -0.15) is 0 Å². The van der Waals surface area contributed by atoms with Gasteiger partial charge in [0.05, 0.1) is 13.2 Å². The van der Waals surface area contributed by atoms with E-state index < -0.39 is 11.5 Å². The summed E-state index contributed by atoms with van der Waals surface area (Å²) in [6.45, 7) is 3.75. The smallest absolute Gasteiger partial charge is 0.334 e. The van der Waals surface area contributed by atoms with Crippen LogP contribution in [0.25, 0.3) is 0 Å². The molecule has 0 aromatic heterocycles. The van der Waals surface area contributed by atoms with E-state index in [9.17, 15) is 9.59 Å². The van der Waals surface area contributed by atoms with Crippen LogP contribution >= 0.6 is 0 Å². The highest BCUT2D eigenvalue weighted by molar-refractivity contribution is 5.89. The van der Waals surface area contributed by atoms with Crippen molar-refractivity contribution in [2.75, 3.05) is 13.7 Å². The molecule has 5 nitrogen and oxygen atoms in total. The molecular formula is C10H17NO4. The average Bonchev–Trinajstić information content (AvgIpc) is 2.19. The third kappa shape index (κ3) is 2.12. The highest BCUT2D eigenvalue weighted by Gasteiger charge is 2.55. The zero-order valence-electron chi connectivity index (χ0n) is 9.33. The van der Waals surface area contributed by atoms with E-state index in [1.165, 1.54) is 14.0 Å². The molecule has 5 heteroatoms. The third-order valence-electron chi connectivity index (χ3n) is 2.67.